The lowest BCUT2D eigenvalue weighted by molar-refractivity contribution is -0.124. The van der Waals surface area contributed by atoms with Gasteiger partial charge in [0.2, 0.25) is 0 Å². The molecule has 1 unspecified atom stereocenters. The zero-order chi connectivity index (χ0) is 13.5. The molecule has 6 nitrogen and oxygen atoms in total. The highest BCUT2D eigenvalue weighted by Crippen LogP contribution is 2.31. The first-order valence-corrected chi connectivity index (χ1v) is 5.45. The van der Waals surface area contributed by atoms with Crippen molar-refractivity contribution in [3.8, 4) is 11.5 Å². The molecule has 18 heavy (non-hydrogen) atoms. The highest BCUT2D eigenvalue weighted by atomic mass is 16.7. The smallest absolute Gasteiger partial charge is 0.177 e. The maximum Gasteiger partial charge on any atom is 0.177 e. The van der Waals surface area contributed by atoms with Crippen LogP contribution in [0.25, 0.3) is 0 Å². The average Bonchev–Trinajstić information content (AvgIpc) is 2.43. The Hall–Kier alpha value is -1.34. The van der Waals surface area contributed by atoms with Crippen molar-refractivity contribution >= 4 is 0 Å². The fourth-order valence-corrected chi connectivity index (χ4v) is 1.75. The Morgan fingerprint density at radius 2 is 1.61 bits per heavy atom. The molecule has 0 aliphatic carbocycles. The topological polar surface area (TPSA) is 75.0 Å². The van der Waals surface area contributed by atoms with Crippen LogP contribution in [-0.2, 0) is 9.47 Å². The first-order valence-electron chi connectivity index (χ1n) is 5.45. The van der Waals surface area contributed by atoms with Crippen LogP contribution in [0.15, 0.2) is 18.2 Å². The average molecular weight is 256 g/mol. The molecule has 1 atom stereocenters. The summed E-state index contributed by atoms with van der Waals surface area (Å²) < 4.78 is 20.8. The number of benzene rings is 1. The third-order valence-corrected chi connectivity index (χ3v) is 2.68. The van der Waals surface area contributed by atoms with Gasteiger partial charge in [-0.3, -0.25) is 5.84 Å². The molecule has 102 valence electrons. The van der Waals surface area contributed by atoms with Gasteiger partial charge in [0.25, 0.3) is 0 Å². The SMILES string of the molecule is COc1ccc(C(NN)C(OC)OC)cc1OC. The molecule has 0 fully saturated rings. The molecule has 6 heteroatoms. The summed E-state index contributed by atoms with van der Waals surface area (Å²) in [5.74, 6) is 6.82. The molecular formula is C12H20N2O4. The maximum atomic E-state index is 5.54. The van der Waals surface area contributed by atoms with Crippen molar-refractivity contribution in [2.24, 2.45) is 5.84 Å². The zero-order valence-corrected chi connectivity index (χ0v) is 11.1. The Morgan fingerprint density at radius 3 is 2.06 bits per heavy atom. The molecule has 1 aromatic carbocycles. The molecule has 0 aliphatic heterocycles. The van der Waals surface area contributed by atoms with Crippen molar-refractivity contribution in [2.45, 2.75) is 12.3 Å². The Kier molecular flexibility index (Phi) is 5.87. The van der Waals surface area contributed by atoms with Crippen LogP contribution in [0, 0.1) is 0 Å². The fourth-order valence-electron chi connectivity index (χ4n) is 1.75. The van der Waals surface area contributed by atoms with Gasteiger partial charge in [0.1, 0.15) is 0 Å². The highest BCUT2D eigenvalue weighted by molar-refractivity contribution is 5.43. The van der Waals surface area contributed by atoms with E-state index in [-0.39, 0.29) is 6.04 Å². The molecule has 0 bridgehead atoms. The lowest BCUT2D eigenvalue weighted by Crippen LogP contribution is -2.38. The fraction of sp³-hybridized carbons (Fsp3) is 0.500. The molecular weight excluding hydrogens is 236 g/mol. The Balaban J connectivity index is 3.06. The van der Waals surface area contributed by atoms with Crippen molar-refractivity contribution in [3.05, 3.63) is 23.8 Å². The van der Waals surface area contributed by atoms with E-state index >= 15 is 0 Å². The first-order chi connectivity index (χ1) is 8.71. The number of nitrogens with one attached hydrogen (secondary N) is 1. The molecule has 3 N–H and O–H groups in total. The number of hydrogen-bond acceptors (Lipinski definition) is 6. The number of nitrogens with two attached hydrogens (primary N) is 1. The molecule has 0 heterocycles. The van der Waals surface area contributed by atoms with E-state index in [0.717, 1.165) is 5.56 Å². The van der Waals surface area contributed by atoms with Gasteiger partial charge in [-0.15, -0.1) is 0 Å². The van der Waals surface area contributed by atoms with Gasteiger partial charge in [0.05, 0.1) is 20.3 Å². The van der Waals surface area contributed by atoms with Gasteiger partial charge >= 0.3 is 0 Å². The van der Waals surface area contributed by atoms with Gasteiger partial charge in [-0.2, -0.15) is 0 Å². The Morgan fingerprint density at radius 1 is 1.00 bits per heavy atom. The van der Waals surface area contributed by atoms with E-state index in [9.17, 15) is 0 Å². The van der Waals surface area contributed by atoms with Crippen molar-refractivity contribution in [2.75, 3.05) is 28.4 Å². The second-order valence-corrected chi connectivity index (χ2v) is 3.60. The van der Waals surface area contributed by atoms with E-state index in [0.29, 0.717) is 11.5 Å². The summed E-state index contributed by atoms with van der Waals surface area (Å²) in [5, 5.41) is 0. The summed E-state index contributed by atoms with van der Waals surface area (Å²) in [6.07, 6.45) is -0.492. The largest absolute Gasteiger partial charge is 0.493 e. The van der Waals surface area contributed by atoms with Gasteiger partial charge in [-0.25, -0.2) is 5.43 Å². The minimum absolute atomic E-state index is 0.306. The monoisotopic (exact) mass is 256 g/mol. The molecule has 0 spiro atoms. The third kappa shape index (κ3) is 3.11. The van der Waals surface area contributed by atoms with E-state index in [1.54, 1.807) is 34.5 Å². The van der Waals surface area contributed by atoms with Crippen LogP contribution in [0.3, 0.4) is 0 Å². The predicted octanol–water partition coefficient (Wildman–Crippen LogP) is 0.827. The molecule has 1 rings (SSSR count). The molecule has 0 saturated heterocycles. The lowest BCUT2D eigenvalue weighted by Gasteiger charge is -2.24. The molecule has 0 aliphatic rings. The van der Waals surface area contributed by atoms with Crippen molar-refractivity contribution in [1.82, 2.24) is 5.43 Å². The van der Waals surface area contributed by atoms with E-state index in [1.807, 2.05) is 12.1 Å². The number of ether oxygens (including phenoxy) is 4. The number of hydrogen-bond donors (Lipinski definition) is 2. The van der Waals surface area contributed by atoms with E-state index in [2.05, 4.69) is 5.43 Å². The maximum absolute atomic E-state index is 5.54. The van der Waals surface area contributed by atoms with Crippen LogP contribution < -0.4 is 20.7 Å². The van der Waals surface area contributed by atoms with Gasteiger partial charge in [-0.1, -0.05) is 6.07 Å². The normalized spacial score (nSPS) is 12.6. The molecule has 1 aromatic rings. The molecule has 0 saturated carbocycles. The van der Waals surface area contributed by atoms with Gasteiger partial charge < -0.3 is 18.9 Å². The highest BCUT2D eigenvalue weighted by Gasteiger charge is 2.22. The van der Waals surface area contributed by atoms with Gasteiger partial charge in [0.15, 0.2) is 17.8 Å². The van der Waals surface area contributed by atoms with E-state index in [4.69, 9.17) is 24.8 Å². The minimum Gasteiger partial charge on any atom is -0.493 e. The van der Waals surface area contributed by atoms with Crippen molar-refractivity contribution in [3.63, 3.8) is 0 Å². The summed E-state index contributed by atoms with van der Waals surface area (Å²) in [5.41, 5.74) is 3.54. The second kappa shape index (κ2) is 7.17. The van der Waals surface area contributed by atoms with Crippen LogP contribution >= 0.6 is 0 Å². The number of methoxy groups -OCH3 is 4. The van der Waals surface area contributed by atoms with Crippen LogP contribution in [0.5, 0.6) is 11.5 Å². The van der Waals surface area contributed by atoms with Crippen molar-refractivity contribution in [1.29, 1.82) is 0 Å². The third-order valence-electron chi connectivity index (χ3n) is 2.68. The van der Waals surface area contributed by atoms with Crippen molar-refractivity contribution < 1.29 is 18.9 Å². The Labute approximate surface area is 107 Å². The summed E-state index contributed by atoms with van der Waals surface area (Å²) in [4.78, 5) is 0. The number of rotatable bonds is 7. The predicted molar refractivity (Wildman–Crippen MR) is 67.4 cm³/mol. The summed E-state index contributed by atoms with van der Waals surface area (Å²) in [6.45, 7) is 0. The summed E-state index contributed by atoms with van der Waals surface area (Å²) in [6, 6.07) is 5.20. The summed E-state index contributed by atoms with van der Waals surface area (Å²) in [7, 11) is 6.28. The van der Waals surface area contributed by atoms with Gasteiger partial charge in [-0.05, 0) is 17.7 Å². The van der Waals surface area contributed by atoms with Crippen LogP contribution in [0.1, 0.15) is 11.6 Å². The Bertz CT molecular complexity index is 369. The van der Waals surface area contributed by atoms with Gasteiger partial charge in [0, 0.05) is 14.2 Å². The number of hydrazine groups is 1. The van der Waals surface area contributed by atoms with E-state index in [1.165, 1.54) is 0 Å². The van der Waals surface area contributed by atoms with Crippen LogP contribution in [0.2, 0.25) is 0 Å². The second-order valence-electron chi connectivity index (χ2n) is 3.60. The van der Waals surface area contributed by atoms with Crippen LogP contribution in [0.4, 0.5) is 0 Å². The summed E-state index contributed by atoms with van der Waals surface area (Å²) >= 11 is 0. The first kappa shape index (κ1) is 14.7. The lowest BCUT2D eigenvalue weighted by atomic mass is 10.1. The zero-order valence-electron chi connectivity index (χ0n) is 11.1. The molecule has 0 amide bonds. The van der Waals surface area contributed by atoms with Crippen LogP contribution in [-0.4, -0.2) is 34.7 Å². The van der Waals surface area contributed by atoms with E-state index < -0.39 is 6.29 Å². The minimum atomic E-state index is -0.492. The molecule has 0 aromatic heterocycles. The standard InChI is InChI=1S/C12H20N2O4/c1-15-9-6-5-8(7-10(9)16-2)11(14-13)12(17-3)18-4/h5-7,11-12,14H,13H2,1-4H3. The quantitative estimate of drug-likeness (QED) is 0.427. The molecule has 0 radical (unpaired) electrons.